The summed E-state index contributed by atoms with van der Waals surface area (Å²) < 4.78 is 6.17. The fraction of sp³-hybridized carbons (Fsp3) is 0.143. The number of nitrogens with zero attached hydrogens (tertiary/aromatic N) is 2. The van der Waals surface area contributed by atoms with Gasteiger partial charge in [-0.25, -0.2) is 0 Å². The second-order valence-electron chi connectivity index (χ2n) is 4.22. The van der Waals surface area contributed by atoms with Crippen LogP contribution in [0.15, 0.2) is 48.8 Å². The number of benzene rings is 1. The van der Waals surface area contributed by atoms with Crippen LogP contribution in [-0.2, 0) is 0 Å². The summed E-state index contributed by atoms with van der Waals surface area (Å²) in [6.07, 6.45) is 2.64. The third kappa shape index (κ3) is 2.10. The van der Waals surface area contributed by atoms with Crippen molar-refractivity contribution < 1.29 is 14.3 Å². The average molecular weight is 256 g/mol. The Hall–Kier alpha value is -2.56. The molecule has 5 heteroatoms. The van der Waals surface area contributed by atoms with Gasteiger partial charge in [0.25, 0.3) is 5.91 Å². The predicted molar refractivity (Wildman–Crippen MR) is 69.0 cm³/mol. The highest BCUT2D eigenvalue weighted by Gasteiger charge is 2.24. The van der Waals surface area contributed by atoms with E-state index in [0.717, 1.165) is 5.69 Å². The molecule has 0 spiro atoms. The molecule has 0 atom stereocenters. The Bertz CT molecular complexity index is 610. The van der Waals surface area contributed by atoms with Crippen molar-refractivity contribution in [3.63, 3.8) is 0 Å². The molecular formula is C14H12N2O3. The van der Waals surface area contributed by atoms with E-state index in [0.29, 0.717) is 29.2 Å². The molecule has 0 bridgehead atoms. The van der Waals surface area contributed by atoms with Gasteiger partial charge in [-0.05, 0) is 12.1 Å². The van der Waals surface area contributed by atoms with E-state index in [9.17, 15) is 10.0 Å². The quantitative estimate of drug-likeness (QED) is 0.572. The lowest BCUT2D eigenvalue weighted by molar-refractivity contribution is -0.605. The van der Waals surface area contributed by atoms with Crippen molar-refractivity contribution in [1.29, 1.82) is 0 Å². The van der Waals surface area contributed by atoms with E-state index in [1.165, 1.54) is 24.5 Å². The number of ether oxygens (including phenoxy) is 1. The van der Waals surface area contributed by atoms with E-state index in [2.05, 4.69) is 0 Å². The SMILES string of the molecule is O=C(c1cc[n+]([O-])cc1)N1CCOc2ccccc21. The molecule has 0 saturated heterocycles. The minimum atomic E-state index is -0.128. The summed E-state index contributed by atoms with van der Waals surface area (Å²) in [5.74, 6) is 0.577. The number of fused-ring (bicyclic) bond motifs is 1. The maximum absolute atomic E-state index is 12.4. The van der Waals surface area contributed by atoms with Crippen LogP contribution in [0.4, 0.5) is 5.69 Å². The van der Waals surface area contributed by atoms with Gasteiger partial charge < -0.3 is 14.8 Å². The van der Waals surface area contributed by atoms with E-state index in [1.807, 2.05) is 24.3 Å². The van der Waals surface area contributed by atoms with Gasteiger partial charge in [-0.2, -0.15) is 4.73 Å². The molecule has 19 heavy (non-hydrogen) atoms. The van der Waals surface area contributed by atoms with Crippen molar-refractivity contribution in [3.8, 4) is 5.75 Å². The van der Waals surface area contributed by atoms with E-state index < -0.39 is 0 Å². The van der Waals surface area contributed by atoms with Gasteiger partial charge in [0.15, 0.2) is 12.4 Å². The van der Waals surface area contributed by atoms with Crippen LogP contribution in [0.3, 0.4) is 0 Å². The van der Waals surface area contributed by atoms with Crippen LogP contribution in [0.1, 0.15) is 10.4 Å². The number of pyridine rings is 1. The van der Waals surface area contributed by atoms with E-state index >= 15 is 0 Å². The fourth-order valence-electron chi connectivity index (χ4n) is 2.09. The van der Waals surface area contributed by atoms with Crippen molar-refractivity contribution in [2.24, 2.45) is 0 Å². The molecule has 0 aliphatic carbocycles. The Kier molecular flexibility index (Phi) is 2.79. The topological polar surface area (TPSA) is 56.5 Å². The molecule has 0 unspecified atom stereocenters. The largest absolute Gasteiger partial charge is 0.619 e. The highest BCUT2D eigenvalue weighted by atomic mass is 16.5. The Morgan fingerprint density at radius 2 is 1.95 bits per heavy atom. The number of para-hydroxylation sites is 2. The first kappa shape index (κ1) is 11.5. The molecule has 2 aromatic rings. The minimum absolute atomic E-state index is 0.128. The zero-order valence-electron chi connectivity index (χ0n) is 10.2. The zero-order chi connectivity index (χ0) is 13.2. The number of carbonyl (C=O) groups is 1. The van der Waals surface area contributed by atoms with Crippen LogP contribution in [0, 0.1) is 5.21 Å². The van der Waals surface area contributed by atoms with Gasteiger partial charge in [-0.3, -0.25) is 4.79 Å². The molecule has 1 amide bonds. The highest BCUT2D eigenvalue weighted by Crippen LogP contribution is 2.31. The van der Waals surface area contributed by atoms with E-state index in [-0.39, 0.29) is 5.91 Å². The van der Waals surface area contributed by atoms with Gasteiger partial charge in [0.05, 0.1) is 17.8 Å². The second kappa shape index (κ2) is 4.61. The van der Waals surface area contributed by atoms with Crippen molar-refractivity contribution in [1.82, 2.24) is 0 Å². The first-order chi connectivity index (χ1) is 9.25. The molecule has 0 N–H and O–H groups in total. The Balaban J connectivity index is 1.95. The molecule has 1 aromatic carbocycles. The molecule has 2 heterocycles. The maximum Gasteiger partial charge on any atom is 0.258 e. The first-order valence-corrected chi connectivity index (χ1v) is 5.98. The van der Waals surface area contributed by atoms with Crippen LogP contribution in [0.25, 0.3) is 0 Å². The average Bonchev–Trinajstić information content (AvgIpc) is 2.47. The lowest BCUT2D eigenvalue weighted by Crippen LogP contribution is -2.38. The smallest absolute Gasteiger partial charge is 0.258 e. The Labute approximate surface area is 110 Å². The number of carbonyl (C=O) groups excluding carboxylic acids is 1. The first-order valence-electron chi connectivity index (χ1n) is 5.98. The highest BCUT2D eigenvalue weighted by molar-refractivity contribution is 6.06. The summed E-state index contributed by atoms with van der Waals surface area (Å²) in [5, 5.41) is 11.0. The molecule has 1 aliphatic rings. The van der Waals surface area contributed by atoms with Gasteiger partial charge in [-0.1, -0.05) is 12.1 Å². The van der Waals surface area contributed by atoms with Gasteiger partial charge in [0.2, 0.25) is 0 Å². The Morgan fingerprint density at radius 3 is 2.74 bits per heavy atom. The monoisotopic (exact) mass is 256 g/mol. The fourth-order valence-corrected chi connectivity index (χ4v) is 2.09. The zero-order valence-corrected chi connectivity index (χ0v) is 10.2. The summed E-state index contributed by atoms with van der Waals surface area (Å²) in [6.45, 7) is 0.971. The molecule has 0 fully saturated rings. The maximum atomic E-state index is 12.4. The van der Waals surface area contributed by atoms with E-state index in [4.69, 9.17) is 4.74 Å². The Morgan fingerprint density at radius 1 is 1.21 bits per heavy atom. The van der Waals surface area contributed by atoms with Crippen molar-refractivity contribution in [3.05, 3.63) is 59.6 Å². The lowest BCUT2D eigenvalue weighted by Gasteiger charge is -2.29. The van der Waals surface area contributed by atoms with Crippen LogP contribution >= 0.6 is 0 Å². The molecular weight excluding hydrogens is 244 g/mol. The molecule has 5 nitrogen and oxygen atoms in total. The van der Waals surface area contributed by atoms with Crippen molar-refractivity contribution >= 4 is 11.6 Å². The molecule has 0 saturated carbocycles. The predicted octanol–water partition coefficient (Wildman–Crippen LogP) is 1.36. The number of aromatic nitrogens is 1. The van der Waals surface area contributed by atoms with Crippen LogP contribution in [0.5, 0.6) is 5.75 Å². The normalized spacial score (nSPS) is 13.6. The summed E-state index contributed by atoms with van der Waals surface area (Å²) >= 11 is 0. The minimum Gasteiger partial charge on any atom is -0.619 e. The number of rotatable bonds is 1. The summed E-state index contributed by atoms with van der Waals surface area (Å²) in [4.78, 5) is 14.1. The molecule has 96 valence electrons. The molecule has 0 radical (unpaired) electrons. The van der Waals surface area contributed by atoms with Gasteiger partial charge in [0, 0.05) is 12.1 Å². The molecule has 1 aliphatic heterocycles. The van der Waals surface area contributed by atoms with Gasteiger partial charge in [0.1, 0.15) is 12.4 Å². The lowest BCUT2D eigenvalue weighted by atomic mass is 10.2. The summed E-state index contributed by atoms with van der Waals surface area (Å²) in [7, 11) is 0. The number of hydrogen-bond acceptors (Lipinski definition) is 3. The van der Waals surface area contributed by atoms with Crippen molar-refractivity contribution in [2.75, 3.05) is 18.1 Å². The van der Waals surface area contributed by atoms with Gasteiger partial charge in [-0.15, -0.1) is 0 Å². The third-order valence-corrected chi connectivity index (χ3v) is 3.02. The van der Waals surface area contributed by atoms with Crippen LogP contribution in [0.2, 0.25) is 0 Å². The van der Waals surface area contributed by atoms with Gasteiger partial charge >= 0.3 is 0 Å². The second-order valence-corrected chi connectivity index (χ2v) is 4.22. The van der Waals surface area contributed by atoms with E-state index in [1.54, 1.807) is 4.90 Å². The number of amides is 1. The van der Waals surface area contributed by atoms with Crippen molar-refractivity contribution in [2.45, 2.75) is 0 Å². The third-order valence-electron chi connectivity index (χ3n) is 3.02. The van der Waals surface area contributed by atoms with Crippen LogP contribution in [-0.4, -0.2) is 19.1 Å². The number of anilines is 1. The standard InChI is InChI=1S/C14H12N2O3/c17-14(11-5-7-15(18)8-6-11)16-9-10-19-13-4-2-1-3-12(13)16/h1-8H,9-10H2. The van der Waals surface area contributed by atoms with Crippen LogP contribution < -0.4 is 14.4 Å². The summed E-state index contributed by atoms with van der Waals surface area (Å²) in [6, 6.07) is 10.5. The molecule has 1 aromatic heterocycles. The summed E-state index contributed by atoms with van der Waals surface area (Å²) in [5.41, 5.74) is 1.25. The number of hydrogen-bond donors (Lipinski definition) is 0. The molecule has 3 rings (SSSR count).